The van der Waals surface area contributed by atoms with E-state index in [0.717, 1.165) is 12.1 Å². The molecule has 1 aliphatic carbocycles. The van der Waals surface area contributed by atoms with Crippen molar-refractivity contribution in [2.45, 2.75) is 25.4 Å². The Balaban J connectivity index is 1.94. The molecule has 0 amide bonds. The van der Waals surface area contributed by atoms with E-state index < -0.39 is 0 Å². The fourth-order valence-corrected chi connectivity index (χ4v) is 1.29. The van der Waals surface area contributed by atoms with Gasteiger partial charge < -0.3 is 5.32 Å². The molecule has 74 valence electrons. The van der Waals surface area contributed by atoms with Crippen molar-refractivity contribution in [3.63, 3.8) is 0 Å². The molecule has 0 aromatic heterocycles. The molecule has 0 heterocycles. The summed E-state index contributed by atoms with van der Waals surface area (Å²) in [5, 5.41) is 13.7. The van der Waals surface area contributed by atoms with Gasteiger partial charge in [-0.15, -0.1) is 0 Å². The lowest BCUT2D eigenvalue weighted by molar-refractivity contribution is -0.384. The Kier molecular flexibility index (Phi) is 2.45. The third-order valence-electron chi connectivity index (χ3n) is 2.32. The summed E-state index contributed by atoms with van der Waals surface area (Å²) in [6.07, 6.45) is 2.51. The van der Waals surface area contributed by atoms with E-state index in [4.69, 9.17) is 0 Å². The molecule has 1 aliphatic rings. The summed E-state index contributed by atoms with van der Waals surface area (Å²) in [6, 6.07) is 7.36. The van der Waals surface area contributed by atoms with Gasteiger partial charge in [-0.3, -0.25) is 10.1 Å². The molecule has 14 heavy (non-hydrogen) atoms. The Labute approximate surface area is 82.1 Å². The zero-order chi connectivity index (χ0) is 9.97. The lowest BCUT2D eigenvalue weighted by atomic mass is 10.2. The van der Waals surface area contributed by atoms with Crippen molar-refractivity contribution < 1.29 is 4.92 Å². The molecular weight excluding hydrogens is 180 g/mol. The van der Waals surface area contributed by atoms with Crippen LogP contribution in [0.25, 0.3) is 0 Å². The molecule has 1 fully saturated rings. The molecule has 0 saturated heterocycles. The smallest absolute Gasteiger partial charge is 0.269 e. The van der Waals surface area contributed by atoms with Gasteiger partial charge in [0, 0.05) is 24.7 Å². The second kappa shape index (κ2) is 3.75. The predicted octanol–water partition coefficient (Wildman–Crippen LogP) is 1.85. The highest BCUT2D eigenvalue weighted by molar-refractivity contribution is 5.32. The van der Waals surface area contributed by atoms with Gasteiger partial charge in [0.25, 0.3) is 5.69 Å². The average Bonchev–Trinajstić information content (AvgIpc) is 2.99. The zero-order valence-corrected chi connectivity index (χ0v) is 7.77. The number of non-ortho nitro benzene ring substituents is 1. The standard InChI is InChI=1S/C10H12N2O2/c13-12(14)10-5-1-8(2-6-10)7-11-9-3-4-9/h1-2,5-6,9,11H,3-4,7H2. The number of nitrogens with zero attached hydrogens (tertiary/aromatic N) is 1. The fraction of sp³-hybridized carbons (Fsp3) is 0.400. The minimum Gasteiger partial charge on any atom is -0.310 e. The topological polar surface area (TPSA) is 55.2 Å². The Hall–Kier alpha value is -1.42. The van der Waals surface area contributed by atoms with Crippen LogP contribution in [0.2, 0.25) is 0 Å². The van der Waals surface area contributed by atoms with Gasteiger partial charge in [-0.25, -0.2) is 0 Å². The normalized spacial score (nSPS) is 15.4. The maximum atomic E-state index is 10.4. The van der Waals surface area contributed by atoms with Gasteiger partial charge in [-0.1, -0.05) is 12.1 Å². The van der Waals surface area contributed by atoms with Crippen LogP contribution < -0.4 is 5.32 Å². The van der Waals surface area contributed by atoms with Gasteiger partial charge in [-0.2, -0.15) is 0 Å². The first kappa shape index (κ1) is 9.15. The van der Waals surface area contributed by atoms with Gasteiger partial charge in [0.15, 0.2) is 0 Å². The van der Waals surface area contributed by atoms with E-state index in [9.17, 15) is 10.1 Å². The van der Waals surface area contributed by atoms with E-state index in [1.54, 1.807) is 24.3 Å². The highest BCUT2D eigenvalue weighted by atomic mass is 16.6. The maximum Gasteiger partial charge on any atom is 0.269 e. The predicted molar refractivity (Wildman–Crippen MR) is 53.0 cm³/mol. The Morgan fingerprint density at radius 3 is 2.50 bits per heavy atom. The Bertz CT molecular complexity index is 330. The van der Waals surface area contributed by atoms with Gasteiger partial charge >= 0.3 is 0 Å². The third-order valence-corrected chi connectivity index (χ3v) is 2.32. The molecule has 0 aliphatic heterocycles. The lowest BCUT2D eigenvalue weighted by Gasteiger charge is -2.01. The van der Waals surface area contributed by atoms with E-state index in [1.807, 2.05) is 0 Å². The van der Waals surface area contributed by atoms with Crippen LogP contribution in [0, 0.1) is 10.1 Å². The van der Waals surface area contributed by atoms with E-state index in [0.29, 0.717) is 6.04 Å². The van der Waals surface area contributed by atoms with Crippen molar-refractivity contribution in [1.29, 1.82) is 0 Å². The number of hydrogen-bond acceptors (Lipinski definition) is 3. The van der Waals surface area contributed by atoms with Crippen molar-refractivity contribution >= 4 is 5.69 Å². The Morgan fingerprint density at radius 1 is 1.36 bits per heavy atom. The van der Waals surface area contributed by atoms with Crippen molar-refractivity contribution in [2.24, 2.45) is 0 Å². The molecule has 1 aromatic rings. The molecule has 1 aromatic carbocycles. The number of rotatable bonds is 4. The number of nitrogens with one attached hydrogen (secondary N) is 1. The van der Waals surface area contributed by atoms with E-state index in [1.165, 1.54) is 12.8 Å². The van der Waals surface area contributed by atoms with Crippen LogP contribution in [0.15, 0.2) is 24.3 Å². The molecular formula is C10H12N2O2. The molecule has 1 saturated carbocycles. The monoisotopic (exact) mass is 192 g/mol. The first-order valence-electron chi connectivity index (χ1n) is 4.72. The average molecular weight is 192 g/mol. The minimum atomic E-state index is -0.377. The third kappa shape index (κ3) is 2.29. The van der Waals surface area contributed by atoms with Crippen LogP contribution in [-0.4, -0.2) is 11.0 Å². The van der Waals surface area contributed by atoms with Crippen LogP contribution in [0.3, 0.4) is 0 Å². The highest BCUT2D eigenvalue weighted by Gasteiger charge is 2.19. The minimum absolute atomic E-state index is 0.153. The van der Waals surface area contributed by atoms with Crippen molar-refractivity contribution in [1.82, 2.24) is 5.32 Å². The number of benzene rings is 1. The number of nitro benzene ring substituents is 1. The fourth-order valence-electron chi connectivity index (χ4n) is 1.29. The maximum absolute atomic E-state index is 10.4. The first-order valence-corrected chi connectivity index (χ1v) is 4.72. The van der Waals surface area contributed by atoms with Crippen LogP contribution in [0.4, 0.5) is 5.69 Å². The van der Waals surface area contributed by atoms with Crippen LogP contribution in [0.1, 0.15) is 18.4 Å². The zero-order valence-electron chi connectivity index (χ0n) is 7.77. The molecule has 1 N–H and O–H groups in total. The van der Waals surface area contributed by atoms with Crippen LogP contribution >= 0.6 is 0 Å². The lowest BCUT2D eigenvalue weighted by Crippen LogP contribution is -2.15. The Morgan fingerprint density at radius 2 is 2.00 bits per heavy atom. The largest absolute Gasteiger partial charge is 0.310 e. The number of hydrogen-bond donors (Lipinski definition) is 1. The molecule has 0 atom stereocenters. The molecule has 2 rings (SSSR count). The van der Waals surface area contributed by atoms with Crippen LogP contribution in [0.5, 0.6) is 0 Å². The van der Waals surface area contributed by atoms with Crippen molar-refractivity contribution in [3.05, 3.63) is 39.9 Å². The van der Waals surface area contributed by atoms with Gasteiger partial charge in [0.05, 0.1) is 4.92 Å². The summed E-state index contributed by atoms with van der Waals surface area (Å²) in [5.41, 5.74) is 1.25. The van der Waals surface area contributed by atoms with E-state index in [-0.39, 0.29) is 10.6 Å². The summed E-state index contributed by atoms with van der Waals surface area (Å²) in [5.74, 6) is 0. The SMILES string of the molecule is O=[N+]([O-])c1ccc(CNC2CC2)cc1. The highest BCUT2D eigenvalue weighted by Crippen LogP contribution is 2.19. The van der Waals surface area contributed by atoms with Gasteiger partial charge in [0.1, 0.15) is 0 Å². The molecule has 0 unspecified atom stereocenters. The van der Waals surface area contributed by atoms with Crippen molar-refractivity contribution in [2.75, 3.05) is 0 Å². The second-order valence-corrected chi connectivity index (χ2v) is 3.58. The van der Waals surface area contributed by atoms with Crippen LogP contribution in [-0.2, 0) is 6.54 Å². The molecule has 0 bridgehead atoms. The van der Waals surface area contributed by atoms with Crippen molar-refractivity contribution in [3.8, 4) is 0 Å². The summed E-state index contributed by atoms with van der Waals surface area (Å²) in [4.78, 5) is 10.0. The quantitative estimate of drug-likeness (QED) is 0.585. The molecule has 4 nitrogen and oxygen atoms in total. The summed E-state index contributed by atoms with van der Waals surface area (Å²) in [7, 11) is 0. The summed E-state index contributed by atoms with van der Waals surface area (Å²) >= 11 is 0. The van der Waals surface area contributed by atoms with E-state index >= 15 is 0 Å². The summed E-state index contributed by atoms with van der Waals surface area (Å²) in [6.45, 7) is 0.808. The van der Waals surface area contributed by atoms with E-state index in [2.05, 4.69) is 5.32 Å². The molecule has 0 radical (unpaired) electrons. The number of nitro groups is 1. The second-order valence-electron chi connectivity index (χ2n) is 3.58. The van der Waals surface area contributed by atoms with Gasteiger partial charge in [0.2, 0.25) is 0 Å². The van der Waals surface area contributed by atoms with Gasteiger partial charge in [-0.05, 0) is 18.4 Å². The first-order chi connectivity index (χ1) is 6.75. The molecule has 4 heteroatoms. The molecule has 0 spiro atoms. The summed E-state index contributed by atoms with van der Waals surface area (Å²) < 4.78 is 0.